The highest BCUT2D eigenvalue weighted by Gasteiger charge is 2.47. The first-order chi connectivity index (χ1) is 27.2. The van der Waals surface area contributed by atoms with E-state index in [4.69, 9.17) is 0 Å². The van der Waals surface area contributed by atoms with E-state index < -0.39 is 5.41 Å². The van der Waals surface area contributed by atoms with E-state index in [0.717, 1.165) is 13.3 Å². The lowest BCUT2D eigenvalue weighted by Gasteiger charge is -2.43. The van der Waals surface area contributed by atoms with Crippen LogP contribution in [-0.4, -0.2) is 32.0 Å². The van der Waals surface area contributed by atoms with Gasteiger partial charge in [0.15, 0.2) is 0 Å². The number of anilines is 6. The summed E-state index contributed by atoms with van der Waals surface area (Å²) in [5, 5.41) is 2.56. The Morgan fingerprint density at radius 2 is 1.07 bits per heavy atom. The molecule has 0 spiro atoms. The molecule has 0 saturated heterocycles. The van der Waals surface area contributed by atoms with Crippen LogP contribution in [0, 0.1) is 0 Å². The van der Waals surface area contributed by atoms with E-state index in [1.807, 2.05) is 0 Å². The average Bonchev–Trinajstić information content (AvgIpc) is 3.87. The van der Waals surface area contributed by atoms with Gasteiger partial charge in [-0.1, -0.05) is 118 Å². The molecule has 0 radical (unpaired) electrons. The quantitative estimate of drug-likeness (QED) is 0.180. The van der Waals surface area contributed by atoms with Crippen molar-refractivity contribution < 1.29 is 0 Å². The van der Waals surface area contributed by atoms with Gasteiger partial charge in [-0.25, -0.2) is 0 Å². The average molecular weight is 728 g/mol. The molecule has 1 unspecified atom stereocenters. The summed E-state index contributed by atoms with van der Waals surface area (Å²) < 4.78 is 2.55. The van der Waals surface area contributed by atoms with Gasteiger partial charge in [0.2, 0.25) is 0 Å². The van der Waals surface area contributed by atoms with Gasteiger partial charge in [-0.3, -0.25) is 0 Å². The fraction of sp³-hybridized carbons (Fsp3) is 0.176. The van der Waals surface area contributed by atoms with Gasteiger partial charge in [0, 0.05) is 36.2 Å². The highest BCUT2D eigenvalue weighted by Crippen LogP contribution is 2.57. The smallest absolute Gasteiger partial charge is 0.0950 e. The van der Waals surface area contributed by atoms with Gasteiger partial charge >= 0.3 is 0 Å². The molecule has 0 bridgehead atoms. The molecule has 11 rings (SSSR count). The Kier molecular flexibility index (Phi) is 6.92. The second-order valence-electron chi connectivity index (χ2n) is 16.9. The Morgan fingerprint density at radius 1 is 0.464 bits per heavy atom. The number of benzene rings is 7. The van der Waals surface area contributed by atoms with Crippen molar-refractivity contribution in [3.8, 4) is 5.69 Å². The van der Waals surface area contributed by atoms with Crippen LogP contribution in [0.5, 0.6) is 0 Å². The van der Waals surface area contributed by atoms with E-state index in [-0.39, 0.29) is 5.41 Å². The number of aromatic nitrogens is 1. The molecule has 1 atom stereocenters. The minimum absolute atomic E-state index is 0.0993. The number of hydrogen-bond acceptors (Lipinski definition) is 4. The molecule has 5 heteroatoms. The van der Waals surface area contributed by atoms with E-state index >= 15 is 0 Å². The van der Waals surface area contributed by atoms with Crippen molar-refractivity contribution in [2.45, 2.75) is 31.6 Å². The fourth-order valence-corrected chi connectivity index (χ4v) is 10.00. The van der Waals surface area contributed by atoms with Crippen LogP contribution in [0.3, 0.4) is 0 Å². The first-order valence-corrected chi connectivity index (χ1v) is 19.8. The van der Waals surface area contributed by atoms with Crippen LogP contribution in [-0.2, 0) is 10.8 Å². The molecule has 56 heavy (non-hydrogen) atoms. The van der Waals surface area contributed by atoms with Gasteiger partial charge in [-0.2, -0.15) is 0 Å². The zero-order chi connectivity index (χ0) is 37.9. The maximum absolute atomic E-state index is 2.55. The molecule has 274 valence electrons. The number of nitrogens with zero attached hydrogens (tertiary/aromatic N) is 5. The van der Waals surface area contributed by atoms with Crippen LogP contribution in [0.25, 0.3) is 27.5 Å². The second kappa shape index (κ2) is 11.8. The summed E-state index contributed by atoms with van der Waals surface area (Å²) in [5.41, 5.74) is 16.8. The van der Waals surface area contributed by atoms with Crippen LogP contribution >= 0.6 is 0 Å². The third-order valence-corrected chi connectivity index (χ3v) is 12.6. The summed E-state index contributed by atoms with van der Waals surface area (Å²) in [6.45, 7) is 8.62. The van der Waals surface area contributed by atoms with Gasteiger partial charge in [-0.05, 0) is 93.9 Å². The predicted octanol–water partition coefficient (Wildman–Crippen LogP) is 11.9. The van der Waals surface area contributed by atoms with E-state index in [1.54, 1.807) is 0 Å². The first-order valence-electron chi connectivity index (χ1n) is 19.8. The molecule has 4 heterocycles. The normalized spacial score (nSPS) is 17.2. The highest BCUT2D eigenvalue weighted by molar-refractivity contribution is 6.12. The van der Waals surface area contributed by atoms with E-state index in [2.05, 4.69) is 217 Å². The molecular formula is C51H45N5. The summed E-state index contributed by atoms with van der Waals surface area (Å²) >= 11 is 0. The molecule has 7 aromatic carbocycles. The Balaban J connectivity index is 1.29. The fourth-order valence-electron chi connectivity index (χ4n) is 10.00. The Morgan fingerprint density at radius 3 is 1.77 bits per heavy atom. The van der Waals surface area contributed by atoms with Gasteiger partial charge < -0.3 is 24.2 Å². The molecular weight excluding hydrogens is 683 g/mol. The van der Waals surface area contributed by atoms with Gasteiger partial charge in [0.25, 0.3) is 0 Å². The van der Waals surface area contributed by atoms with Gasteiger partial charge in [0.1, 0.15) is 0 Å². The molecule has 8 aromatic rings. The predicted molar refractivity (Wildman–Crippen MR) is 235 cm³/mol. The standard InChI is InChI=1S/C51H45N5/c1-50(2,3)35-28-36(30-38(29-35)55-33-53(5)46-23-12-14-25-48(46)55)51(34-16-7-6-8-17-34)41-20-15-19-40-39-18-9-10-21-43(39)56(49(40)41)44-27-26-37(31-42(44)51)54-32-52(4)45-22-11-13-24-47(45)54/h6-31H,32-33H2,1-5H3. The zero-order valence-corrected chi connectivity index (χ0v) is 32.7. The van der Waals surface area contributed by atoms with Gasteiger partial charge in [-0.15, -0.1) is 0 Å². The molecule has 0 amide bonds. The van der Waals surface area contributed by atoms with Crippen molar-refractivity contribution in [2.24, 2.45) is 0 Å². The number of rotatable bonds is 4. The number of hydrogen-bond donors (Lipinski definition) is 0. The van der Waals surface area contributed by atoms with Crippen LogP contribution in [0.4, 0.5) is 34.1 Å². The SMILES string of the molecule is CN1CN(c2cc(C(C)(C)C)cc(C3(c4ccccc4)c4cc(N5CN(C)c6ccccc65)ccc4-n4c5ccccc5c5cccc3c54)c2)c2ccccc21. The third-order valence-electron chi connectivity index (χ3n) is 12.6. The summed E-state index contributed by atoms with van der Waals surface area (Å²) in [5.74, 6) is 0. The molecule has 0 saturated carbocycles. The summed E-state index contributed by atoms with van der Waals surface area (Å²) in [6, 6.07) is 59.6. The Bertz CT molecular complexity index is 2860. The maximum Gasteiger partial charge on any atom is 0.0950 e. The number of para-hydroxylation sites is 6. The second-order valence-corrected chi connectivity index (χ2v) is 16.9. The summed E-state index contributed by atoms with van der Waals surface area (Å²) in [6.07, 6.45) is 0. The summed E-state index contributed by atoms with van der Waals surface area (Å²) in [7, 11) is 4.39. The van der Waals surface area contributed by atoms with Gasteiger partial charge in [0.05, 0.1) is 58.2 Å². The molecule has 0 N–H and O–H groups in total. The molecule has 0 aliphatic carbocycles. The molecule has 3 aliphatic rings. The van der Waals surface area contributed by atoms with Crippen molar-refractivity contribution >= 4 is 55.9 Å². The lowest BCUT2D eigenvalue weighted by Crippen LogP contribution is -2.36. The Hall–Kier alpha value is -6.46. The van der Waals surface area contributed by atoms with Crippen LogP contribution in [0.15, 0.2) is 158 Å². The number of fused-ring (bicyclic) bond motifs is 7. The lowest BCUT2D eigenvalue weighted by atomic mass is 9.62. The van der Waals surface area contributed by atoms with Crippen molar-refractivity contribution in [1.82, 2.24) is 4.57 Å². The lowest BCUT2D eigenvalue weighted by molar-refractivity contribution is 0.587. The molecule has 1 aromatic heterocycles. The largest absolute Gasteiger partial charge is 0.355 e. The van der Waals surface area contributed by atoms with Crippen LogP contribution in [0.2, 0.25) is 0 Å². The van der Waals surface area contributed by atoms with E-state index in [9.17, 15) is 0 Å². The molecule has 5 nitrogen and oxygen atoms in total. The minimum Gasteiger partial charge on any atom is -0.355 e. The van der Waals surface area contributed by atoms with E-state index in [1.165, 1.54) is 89.4 Å². The van der Waals surface area contributed by atoms with Crippen LogP contribution in [0.1, 0.15) is 48.6 Å². The van der Waals surface area contributed by atoms with Crippen LogP contribution < -0.4 is 19.6 Å². The third kappa shape index (κ3) is 4.48. The maximum atomic E-state index is 2.55. The van der Waals surface area contributed by atoms with Crippen molar-refractivity contribution in [2.75, 3.05) is 47.0 Å². The van der Waals surface area contributed by atoms with Crippen molar-refractivity contribution in [3.63, 3.8) is 0 Å². The highest BCUT2D eigenvalue weighted by atomic mass is 15.4. The van der Waals surface area contributed by atoms with E-state index in [0.29, 0.717) is 0 Å². The monoisotopic (exact) mass is 727 g/mol. The topological polar surface area (TPSA) is 17.9 Å². The molecule has 3 aliphatic heterocycles. The van der Waals surface area contributed by atoms with Crippen molar-refractivity contribution in [1.29, 1.82) is 0 Å². The zero-order valence-electron chi connectivity index (χ0n) is 32.7. The van der Waals surface area contributed by atoms with Crippen molar-refractivity contribution in [3.05, 3.63) is 186 Å². The first kappa shape index (κ1) is 32.9. The molecule has 0 fully saturated rings. The minimum atomic E-state index is -0.650. The Labute approximate surface area is 329 Å². The summed E-state index contributed by atoms with van der Waals surface area (Å²) in [4.78, 5) is 9.68.